The van der Waals surface area contributed by atoms with Crippen LogP contribution in [0.3, 0.4) is 0 Å². The van der Waals surface area contributed by atoms with Gasteiger partial charge in [0.05, 0.1) is 11.6 Å². The first-order valence-electron chi connectivity index (χ1n) is 7.98. The van der Waals surface area contributed by atoms with Crippen LogP contribution in [0.5, 0.6) is 0 Å². The number of nitrogens with one attached hydrogen (secondary N) is 1. The smallest absolute Gasteiger partial charge is 0.270 e. The molecule has 2 heterocycles. The van der Waals surface area contributed by atoms with Crippen molar-refractivity contribution >= 4 is 11.8 Å². The molecule has 120 valence electrons. The minimum atomic E-state index is -0.533. The van der Waals surface area contributed by atoms with E-state index in [1.54, 1.807) is 0 Å². The summed E-state index contributed by atoms with van der Waals surface area (Å²) in [6, 6.07) is 9.93. The van der Waals surface area contributed by atoms with Crippen LogP contribution in [0.4, 0.5) is 0 Å². The number of aromatic nitrogens is 1. The highest BCUT2D eigenvalue weighted by atomic mass is 16.2. The van der Waals surface area contributed by atoms with Crippen molar-refractivity contribution in [3.05, 3.63) is 58.9 Å². The van der Waals surface area contributed by atoms with Crippen LogP contribution in [0.1, 0.15) is 57.8 Å². The first-order chi connectivity index (χ1) is 11.1. The van der Waals surface area contributed by atoms with E-state index < -0.39 is 5.91 Å². The van der Waals surface area contributed by atoms with Gasteiger partial charge in [0, 0.05) is 12.7 Å². The zero-order valence-corrected chi connectivity index (χ0v) is 13.2. The SMILES string of the molecule is CCC[C@H]1c2ccccc2CCN1C(=O)c1cc(C(N)=O)c[nH]1. The summed E-state index contributed by atoms with van der Waals surface area (Å²) in [5.74, 6) is -0.611. The number of nitrogens with two attached hydrogens (primary N) is 1. The molecule has 0 fully saturated rings. The van der Waals surface area contributed by atoms with Gasteiger partial charge in [-0.1, -0.05) is 37.6 Å². The molecule has 5 heteroatoms. The number of carbonyl (C=O) groups excluding carboxylic acids is 2. The molecule has 0 saturated carbocycles. The van der Waals surface area contributed by atoms with Crippen LogP contribution >= 0.6 is 0 Å². The average Bonchev–Trinajstić information content (AvgIpc) is 3.05. The summed E-state index contributed by atoms with van der Waals surface area (Å²) in [5, 5.41) is 0. The summed E-state index contributed by atoms with van der Waals surface area (Å²) >= 11 is 0. The number of primary amides is 1. The van der Waals surface area contributed by atoms with Gasteiger partial charge in [0.15, 0.2) is 0 Å². The molecule has 3 N–H and O–H groups in total. The van der Waals surface area contributed by atoms with Crippen LogP contribution in [-0.2, 0) is 6.42 Å². The third-order valence-electron chi connectivity index (χ3n) is 4.43. The van der Waals surface area contributed by atoms with E-state index in [9.17, 15) is 9.59 Å². The van der Waals surface area contributed by atoms with E-state index in [1.807, 2.05) is 17.0 Å². The number of H-pyrrole nitrogens is 1. The Morgan fingerprint density at radius 2 is 2.13 bits per heavy atom. The monoisotopic (exact) mass is 311 g/mol. The van der Waals surface area contributed by atoms with Crippen molar-refractivity contribution in [1.29, 1.82) is 0 Å². The molecule has 3 rings (SSSR count). The van der Waals surface area contributed by atoms with Crippen molar-refractivity contribution < 1.29 is 9.59 Å². The van der Waals surface area contributed by atoms with Crippen molar-refractivity contribution in [2.24, 2.45) is 5.73 Å². The van der Waals surface area contributed by atoms with Gasteiger partial charge in [-0.15, -0.1) is 0 Å². The molecule has 0 aliphatic carbocycles. The standard InChI is InChI=1S/C18H21N3O2/c1-2-5-16-14-7-4-3-6-12(14)8-9-21(16)18(23)15-10-13(11-20-15)17(19)22/h3-4,6-7,10-11,16,20H,2,5,8-9H2,1H3,(H2,19,22)/t16-/m0/s1. The maximum absolute atomic E-state index is 12.9. The van der Waals surface area contributed by atoms with E-state index in [4.69, 9.17) is 5.73 Å². The highest BCUT2D eigenvalue weighted by Gasteiger charge is 2.31. The third-order valence-corrected chi connectivity index (χ3v) is 4.43. The van der Waals surface area contributed by atoms with Crippen LogP contribution in [0.2, 0.25) is 0 Å². The van der Waals surface area contributed by atoms with Crippen molar-refractivity contribution in [1.82, 2.24) is 9.88 Å². The number of hydrogen-bond donors (Lipinski definition) is 2. The molecular weight excluding hydrogens is 290 g/mol. The number of fused-ring (bicyclic) bond motifs is 1. The topological polar surface area (TPSA) is 79.2 Å². The zero-order chi connectivity index (χ0) is 16.4. The van der Waals surface area contributed by atoms with Gasteiger partial charge < -0.3 is 15.6 Å². The minimum Gasteiger partial charge on any atom is -0.366 e. The fourth-order valence-electron chi connectivity index (χ4n) is 3.29. The lowest BCUT2D eigenvalue weighted by atomic mass is 9.90. The number of amides is 2. The van der Waals surface area contributed by atoms with Crippen LogP contribution in [0.25, 0.3) is 0 Å². The Labute approximate surface area is 135 Å². The molecule has 0 spiro atoms. The second-order valence-electron chi connectivity index (χ2n) is 5.92. The third kappa shape index (κ3) is 2.86. The van der Waals surface area contributed by atoms with E-state index >= 15 is 0 Å². The minimum absolute atomic E-state index is 0.0783. The Morgan fingerprint density at radius 1 is 1.35 bits per heavy atom. The van der Waals surface area contributed by atoms with E-state index in [0.29, 0.717) is 17.8 Å². The van der Waals surface area contributed by atoms with Gasteiger partial charge in [-0.2, -0.15) is 0 Å². The second kappa shape index (κ2) is 6.28. The van der Waals surface area contributed by atoms with Gasteiger partial charge in [0.1, 0.15) is 5.69 Å². The van der Waals surface area contributed by atoms with Gasteiger partial charge in [0.25, 0.3) is 5.91 Å². The van der Waals surface area contributed by atoms with Gasteiger partial charge in [-0.25, -0.2) is 0 Å². The van der Waals surface area contributed by atoms with Crippen LogP contribution < -0.4 is 5.73 Å². The molecule has 23 heavy (non-hydrogen) atoms. The highest BCUT2D eigenvalue weighted by Crippen LogP contribution is 2.33. The Balaban J connectivity index is 1.91. The molecule has 2 amide bonds. The molecule has 1 aliphatic heterocycles. The predicted molar refractivity (Wildman–Crippen MR) is 88.1 cm³/mol. The van der Waals surface area contributed by atoms with E-state index in [1.165, 1.54) is 23.4 Å². The largest absolute Gasteiger partial charge is 0.366 e. The lowest BCUT2D eigenvalue weighted by Gasteiger charge is -2.37. The van der Waals surface area contributed by atoms with Crippen molar-refractivity contribution in [2.75, 3.05) is 6.54 Å². The number of rotatable bonds is 4. The Bertz CT molecular complexity index is 735. The number of carbonyl (C=O) groups is 2. The fourth-order valence-corrected chi connectivity index (χ4v) is 3.29. The highest BCUT2D eigenvalue weighted by molar-refractivity contribution is 5.98. The summed E-state index contributed by atoms with van der Waals surface area (Å²) in [4.78, 5) is 28.9. The lowest BCUT2D eigenvalue weighted by molar-refractivity contribution is 0.0644. The molecule has 1 aliphatic rings. The average molecular weight is 311 g/mol. The van der Waals surface area contributed by atoms with Crippen molar-refractivity contribution in [3.8, 4) is 0 Å². The van der Waals surface area contributed by atoms with E-state index in [0.717, 1.165) is 19.3 Å². The quantitative estimate of drug-likeness (QED) is 0.910. The molecule has 1 aromatic heterocycles. The number of aromatic amines is 1. The van der Waals surface area contributed by atoms with Gasteiger partial charge in [0.2, 0.25) is 5.91 Å². The number of benzene rings is 1. The zero-order valence-electron chi connectivity index (χ0n) is 13.2. The number of hydrogen-bond acceptors (Lipinski definition) is 2. The molecule has 1 aromatic carbocycles. The normalized spacial score (nSPS) is 16.9. The molecule has 5 nitrogen and oxygen atoms in total. The van der Waals surface area contributed by atoms with Crippen molar-refractivity contribution in [2.45, 2.75) is 32.2 Å². The molecule has 0 radical (unpaired) electrons. The molecule has 0 unspecified atom stereocenters. The Kier molecular flexibility index (Phi) is 4.19. The summed E-state index contributed by atoms with van der Waals surface area (Å²) in [7, 11) is 0. The number of nitrogens with zero attached hydrogens (tertiary/aromatic N) is 1. The van der Waals surface area contributed by atoms with Crippen LogP contribution in [0.15, 0.2) is 36.5 Å². The van der Waals surface area contributed by atoms with Crippen LogP contribution in [-0.4, -0.2) is 28.2 Å². The molecule has 0 saturated heterocycles. The maximum Gasteiger partial charge on any atom is 0.270 e. The van der Waals surface area contributed by atoms with Gasteiger partial charge in [-0.3, -0.25) is 9.59 Å². The van der Waals surface area contributed by atoms with Gasteiger partial charge >= 0.3 is 0 Å². The first-order valence-corrected chi connectivity index (χ1v) is 7.98. The molecule has 0 bridgehead atoms. The molecule has 2 aromatic rings. The summed E-state index contributed by atoms with van der Waals surface area (Å²) in [5.41, 5.74) is 8.56. The van der Waals surface area contributed by atoms with Crippen LogP contribution in [0, 0.1) is 0 Å². The predicted octanol–water partition coefficient (Wildman–Crippen LogP) is 2.65. The maximum atomic E-state index is 12.9. The van der Waals surface area contributed by atoms with Gasteiger partial charge in [-0.05, 0) is 30.0 Å². The summed E-state index contributed by atoms with van der Waals surface area (Å²) in [6.45, 7) is 2.81. The molecular formula is C18H21N3O2. The Hall–Kier alpha value is -2.56. The van der Waals surface area contributed by atoms with E-state index in [-0.39, 0.29) is 11.9 Å². The summed E-state index contributed by atoms with van der Waals surface area (Å²) in [6.07, 6.45) is 4.26. The molecule has 1 atom stereocenters. The Morgan fingerprint density at radius 3 is 2.83 bits per heavy atom. The van der Waals surface area contributed by atoms with E-state index in [2.05, 4.69) is 24.0 Å². The lowest BCUT2D eigenvalue weighted by Crippen LogP contribution is -2.40. The second-order valence-corrected chi connectivity index (χ2v) is 5.92. The van der Waals surface area contributed by atoms with Crippen molar-refractivity contribution in [3.63, 3.8) is 0 Å². The first kappa shape index (κ1) is 15.3. The fraction of sp³-hybridized carbons (Fsp3) is 0.333. The summed E-state index contributed by atoms with van der Waals surface area (Å²) < 4.78 is 0.